The zero-order chi connectivity index (χ0) is 14.8. The van der Waals surface area contributed by atoms with E-state index in [0.717, 1.165) is 24.6 Å². The Morgan fingerprint density at radius 3 is 2.40 bits per heavy atom. The van der Waals surface area contributed by atoms with Gasteiger partial charge in [0.05, 0.1) is 0 Å². The molecule has 1 aliphatic carbocycles. The van der Waals surface area contributed by atoms with Gasteiger partial charge < -0.3 is 4.57 Å². The van der Waals surface area contributed by atoms with Crippen molar-refractivity contribution in [2.45, 2.75) is 62.9 Å². The van der Waals surface area contributed by atoms with Gasteiger partial charge in [0.1, 0.15) is 5.82 Å². The molecule has 1 heterocycles. The molecule has 0 aromatic carbocycles. The minimum absolute atomic E-state index is 0.151. The highest BCUT2D eigenvalue weighted by atomic mass is 35.7. The highest BCUT2D eigenvalue weighted by Gasteiger charge is 2.28. The quantitative estimate of drug-likeness (QED) is 0.782. The fourth-order valence-corrected chi connectivity index (χ4v) is 4.06. The Morgan fingerprint density at radius 1 is 1.25 bits per heavy atom. The standard InChI is InChI=1S/C13H22ClN3O2S/c1-3-4-5-10-6-8-11(9-7-10)12-15-16-13(17(12)2)20(14,18)19/h10-11H,3-9H2,1-2H3. The van der Waals surface area contributed by atoms with Crippen LogP contribution in [-0.4, -0.2) is 23.2 Å². The van der Waals surface area contributed by atoms with Crippen molar-refractivity contribution in [3.8, 4) is 0 Å². The first kappa shape index (κ1) is 15.8. The summed E-state index contributed by atoms with van der Waals surface area (Å²) >= 11 is 0. The topological polar surface area (TPSA) is 64.8 Å². The molecule has 0 radical (unpaired) electrons. The molecule has 0 saturated heterocycles. The second-order valence-corrected chi connectivity index (χ2v) is 8.16. The van der Waals surface area contributed by atoms with Gasteiger partial charge in [-0.2, -0.15) is 0 Å². The molecule has 1 aromatic heterocycles. The van der Waals surface area contributed by atoms with Crippen molar-refractivity contribution in [1.82, 2.24) is 14.8 Å². The molecule has 0 amide bonds. The van der Waals surface area contributed by atoms with Crippen molar-refractivity contribution in [3.05, 3.63) is 5.82 Å². The number of hydrogen-bond acceptors (Lipinski definition) is 4. The van der Waals surface area contributed by atoms with Crippen LogP contribution in [0, 0.1) is 5.92 Å². The first-order valence-corrected chi connectivity index (χ1v) is 9.58. The van der Waals surface area contributed by atoms with Gasteiger partial charge in [0.15, 0.2) is 0 Å². The van der Waals surface area contributed by atoms with Crippen LogP contribution < -0.4 is 0 Å². The number of hydrogen-bond donors (Lipinski definition) is 0. The molecule has 7 heteroatoms. The van der Waals surface area contributed by atoms with Crippen molar-refractivity contribution in [2.24, 2.45) is 13.0 Å². The zero-order valence-corrected chi connectivity index (χ0v) is 13.6. The highest BCUT2D eigenvalue weighted by Crippen LogP contribution is 2.37. The van der Waals surface area contributed by atoms with Crippen LogP contribution in [0.4, 0.5) is 0 Å². The van der Waals surface area contributed by atoms with Gasteiger partial charge in [0, 0.05) is 23.6 Å². The van der Waals surface area contributed by atoms with E-state index in [1.165, 1.54) is 36.7 Å². The van der Waals surface area contributed by atoms with Crippen molar-refractivity contribution in [2.75, 3.05) is 0 Å². The summed E-state index contributed by atoms with van der Waals surface area (Å²) in [5.41, 5.74) is 0. The van der Waals surface area contributed by atoms with Gasteiger partial charge >= 0.3 is 0 Å². The second kappa shape index (κ2) is 6.43. The molecule has 114 valence electrons. The summed E-state index contributed by atoms with van der Waals surface area (Å²) in [6.07, 6.45) is 8.36. The summed E-state index contributed by atoms with van der Waals surface area (Å²) in [7, 11) is 3.21. The van der Waals surface area contributed by atoms with Crippen LogP contribution in [0.2, 0.25) is 0 Å². The highest BCUT2D eigenvalue weighted by molar-refractivity contribution is 8.13. The molecule has 0 unspecified atom stereocenters. The minimum atomic E-state index is -3.81. The predicted octanol–water partition coefficient (Wildman–Crippen LogP) is 3.21. The van der Waals surface area contributed by atoms with E-state index in [1.807, 2.05) is 0 Å². The molecule has 1 aromatic rings. The summed E-state index contributed by atoms with van der Waals surface area (Å²) in [6.45, 7) is 2.22. The minimum Gasteiger partial charge on any atom is -0.304 e. The second-order valence-electron chi connectivity index (χ2n) is 5.70. The van der Waals surface area contributed by atoms with Crippen molar-refractivity contribution in [1.29, 1.82) is 0 Å². The zero-order valence-electron chi connectivity index (χ0n) is 12.0. The maximum Gasteiger partial charge on any atom is 0.296 e. The maximum absolute atomic E-state index is 11.4. The molecule has 2 rings (SSSR count). The fourth-order valence-electron chi connectivity index (χ4n) is 3.10. The normalized spacial score (nSPS) is 23.9. The van der Waals surface area contributed by atoms with Crippen molar-refractivity contribution >= 4 is 19.7 Å². The first-order chi connectivity index (χ1) is 9.43. The predicted molar refractivity (Wildman–Crippen MR) is 78.3 cm³/mol. The van der Waals surface area contributed by atoms with Crippen LogP contribution >= 0.6 is 10.7 Å². The molecule has 0 spiro atoms. The van der Waals surface area contributed by atoms with Crippen LogP contribution in [0.5, 0.6) is 0 Å². The summed E-state index contributed by atoms with van der Waals surface area (Å²) in [4.78, 5) is 0. The lowest BCUT2D eigenvalue weighted by Gasteiger charge is -2.27. The molecule has 1 saturated carbocycles. The molecule has 5 nitrogen and oxygen atoms in total. The molecule has 1 fully saturated rings. The Bertz CT molecular complexity index is 548. The Hall–Kier alpha value is -0.620. The van der Waals surface area contributed by atoms with Gasteiger partial charge in [-0.15, -0.1) is 10.2 Å². The van der Waals surface area contributed by atoms with Gasteiger partial charge in [-0.05, 0) is 31.6 Å². The first-order valence-electron chi connectivity index (χ1n) is 7.27. The Balaban J connectivity index is 2.03. The summed E-state index contributed by atoms with van der Waals surface area (Å²) in [5.74, 6) is 1.87. The van der Waals surface area contributed by atoms with E-state index in [2.05, 4.69) is 17.1 Å². The third-order valence-electron chi connectivity index (χ3n) is 4.26. The van der Waals surface area contributed by atoms with Crippen LogP contribution in [0.25, 0.3) is 0 Å². The van der Waals surface area contributed by atoms with E-state index in [1.54, 1.807) is 7.05 Å². The average Bonchev–Trinajstić information content (AvgIpc) is 2.79. The Labute approximate surface area is 125 Å². The summed E-state index contributed by atoms with van der Waals surface area (Å²) < 4.78 is 24.3. The summed E-state index contributed by atoms with van der Waals surface area (Å²) in [6, 6.07) is 0. The molecule has 0 bridgehead atoms. The fraction of sp³-hybridized carbons (Fsp3) is 0.846. The largest absolute Gasteiger partial charge is 0.304 e. The maximum atomic E-state index is 11.4. The number of nitrogens with zero attached hydrogens (tertiary/aromatic N) is 3. The van der Waals surface area contributed by atoms with Crippen LogP contribution in [0.3, 0.4) is 0 Å². The van der Waals surface area contributed by atoms with Gasteiger partial charge in [0.2, 0.25) is 0 Å². The lowest BCUT2D eigenvalue weighted by molar-refractivity contribution is 0.295. The van der Waals surface area contributed by atoms with Gasteiger partial charge in [-0.1, -0.05) is 26.2 Å². The molecule has 0 atom stereocenters. The van der Waals surface area contributed by atoms with Gasteiger partial charge in [0.25, 0.3) is 14.2 Å². The third-order valence-corrected chi connectivity index (χ3v) is 5.47. The number of unbranched alkanes of at least 4 members (excludes halogenated alkanes) is 1. The van der Waals surface area contributed by atoms with Gasteiger partial charge in [-0.3, -0.25) is 0 Å². The molecular weight excluding hydrogens is 298 g/mol. The SMILES string of the molecule is CCCCC1CCC(c2nnc(S(=O)(=O)Cl)n2C)CC1. The van der Waals surface area contributed by atoms with Crippen molar-refractivity contribution < 1.29 is 8.42 Å². The molecule has 0 aliphatic heterocycles. The summed E-state index contributed by atoms with van der Waals surface area (Å²) in [5, 5.41) is 7.62. The Morgan fingerprint density at radius 2 is 1.90 bits per heavy atom. The van der Waals surface area contributed by atoms with E-state index >= 15 is 0 Å². The van der Waals surface area contributed by atoms with E-state index in [9.17, 15) is 8.42 Å². The van der Waals surface area contributed by atoms with E-state index < -0.39 is 9.05 Å². The van der Waals surface area contributed by atoms with E-state index in [-0.39, 0.29) is 5.16 Å². The average molecular weight is 320 g/mol. The third kappa shape index (κ3) is 3.52. The van der Waals surface area contributed by atoms with E-state index in [0.29, 0.717) is 5.92 Å². The van der Waals surface area contributed by atoms with Gasteiger partial charge in [-0.25, -0.2) is 8.42 Å². The monoisotopic (exact) mass is 319 g/mol. The number of rotatable bonds is 5. The molecule has 0 N–H and O–H groups in total. The van der Waals surface area contributed by atoms with Crippen molar-refractivity contribution in [3.63, 3.8) is 0 Å². The van der Waals surface area contributed by atoms with Crippen LogP contribution in [0.15, 0.2) is 5.16 Å². The lowest BCUT2D eigenvalue weighted by Crippen LogP contribution is -2.17. The van der Waals surface area contributed by atoms with E-state index in [4.69, 9.17) is 10.7 Å². The number of halogens is 1. The van der Waals surface area contributed by atoms with Crippen LogP contribution in [0.1, 0.15) is 63.6 Å². The number of aromatic nitrogens is 3. The molecule has 1 aliphatic rings. The smallest absolute Gasteiger partial charge is 0.296 e. The lowest BCUT2D eigenvalue weighted by atomic mass is 9.79. The Kier molecular flexibility index (Phi) is 5.07. The molecular formula is C13H22ClN3O2S. The molecule has 20 heavy (non-hydrogen) atoms. The van der Waals surface area contributed by atoms with Crippen LogP contribution in [-0.2, 0) is 16.1 Å².